The van der Waals surface area contributed by atoms with Crippen molar-refractivity contribution in [2.24, 2.45) is 5.18 Å². The second-order valence-corrected chi connectivity index (χ2v) is 7.18. The minimum atomic E-state index is -1.24. The Labute approximate surface area is 179 Å². The number of nitroso groups, excluding NO2 is 1. The molecule has 0 aliphatic carbocycles. The van der Waals surface area contributed by atoms with Crippen LogP contribution in [0.3, 0.4) is 0 Å². The highest BCUT2D eigenvalue weighted by Gasteiger charge is 2.28. The van der Waals surface area contributed by atoms with Gasteiger partial charge in [0.25, 0.3) is 0 Å². The van der Waals surface area contributed by atoms with Crippen molar-refractivity contribution in [1.29, 1.82) is 0 Å². The van der Waals surface area contributed by atoms with Crippen LogP contribution in [0.4, 0.5) is 0 Å². The van der Waals surface area contributed by atoms with Crippen molar-refractivity contribution in [2.45, 2.75) is 18.2 Å². The molecule has 2 fully saturated rings. The zero-order chi connectivity index (χ0) is 21.8. The van der Waals surface area contributed by atoms with Crippen molar-refractivity contribution >= 4 is 5.78 Å². The topological polar surface area (TPSA) is 108 Å². The fourth-order valence-electron chi connectivity index (χ4n) is 3.03. The van der Waals surface area contributed by atoms with Crippen molar-refractivity contribution in [3.8, 4) is 23.0 Å². The maximum atomic E-state index is 13.0. The number of ether oxygens (including phenoxy) is 6. The number of hydrogen-bond acceptors (Lipinski definition) is 9. The molecule has 3 unspecified atom stereocenters. The number of epoxide rings is 2. The van der Waals surface area contributed by atoms with E-state index in [1.807, 2.05) is 0 Å². The number of benzene rings is 2. The first-order valence-corrected chi connectivity index (χ1v) is 9.84. The summed E-state index contributed by atoms with van der Waals surface area (Å²) in [5.74, 6) is 1.32. The molecule has 0 aromatic heterocycles. The lowest BCUT2D eigenvalue weighted by molar-refractivity contribution is 0.0961. The summed E-state index contributed by atoms with van der Waals surface area (Å²) < 4.78 is 32.3. The number of rotatable bonds is 12. The van der Waals surface area contributed by atoms with Crippen LogP contribution >= 0.6 is 0 Å². The summed E-state index contributed by atoms with van der Waals surface area (Å²) in [6.45, 7) is 2.16. The van der Waals surface area contributed by atoms with Gasteiger partial charge in [-0.2, -0.15) is 0 Å². The van der Waals surface area contributed by atoms with E-state index in [9.17, 15) is 9.70 Å². The summed E-state index contributed by atoms with van der Waals surface area (Å²) >= 11 is 0. The van der Waals surface area contributed by atoms with Crippen LogP contribution in [0.25, 0.3) is 0 Å². The van der Waals surface area contributed by atoms with E-state index in [1.165, 1.54) is 20.3 Å². The number of nitrogens with zero attached hydrogens (tertiary/aromatic N) is 1. The van der Waals surface area contributed by atoms with Crippen LogP contribution in [-0.4, -0.2) is 58.6 Å². The van der Waals surface area contributed by atoms with E-state index < -0.39 is 11.8 Å². The fourth-order valence-corrected chi connectivity index (χ4v) is 3.03. The Morgan fingerprint density at radius 2 is 1.48 bits per heavy atom. The standard InChI is InChI=1S/C22H23NO8/c1-26-19-7-13(3-5-17(19)30-11-15-9-28-15)21(23-25)22(24)14-4-6-18(20(8-14)27-2)31-12-16-10-29-16/h3-8,15-16,21H,9-12H2,1-2H3. The zero-order valence-corrected chi connectivity index (χ0v) is 17.2. The van der Waals surface area contributed by atoms with Gasteiger partial charge in [0.05, 0.1) is 27.4 Å². The van der Waals surface area contributed by atoms with Crippen LogP contribution in [0.2, 0.25) is 0 Å². The van der Waals surface area contributed by atoms with Gasteiger partial charge in [-0.15, -0.1) is 4.91 Å². The number of methoxy groups -OCH3 is 2. The average Bonchev–Trinajstić information content (AvgIpc) is 3.72. The molecule has 0 saturated carbocycles. The Balaban J connectivity index is 1.52. The molecule has 2 aromatic rings. The van der Waals surface area contributed by atoms with Crippen molar-refractivity contribution in [1.82, 2.24) is 0 Å². The first-order chi connectivity index (χ1) is 15.1. The molecule has 2 heterocycles. The molecule has 0 amide bonds. The van der Waals surface area contributed by atoms with E-state index in [0.29, 0.717) is 55.0 Å². The molecule has 0 N–H and O–H groups in total. The van der Waals surface area contributed by atoms with Gasteiger partial charge < -0.3 is 28.4 Å². The quantitative estimate of drug-likeness (QED) is 0.288. The Bertz CT molecular complexity index is 955. The summed E-state index contributed by atoms with van der Waals surface area (Å²) in [7, 11) is 2.97. The molecule has 2 aliphatic heterocycles. The summed E-state index contributed by atoms with van der Waals surface area (Å²) in [5, 5.41) is 3.07. The normalized spacial score (nSPS) is 19.8. The Morgan fingerprint density at radius 3 is 2.00 bits per heavy atom. The summed E-state index contributed by atoms with van der Waals surface area (Å²) in [6.07, 6.45) is 0.183. The molecule has 31 heavy (non-hydrogen) atoms. The highest BCUT2D eigenvalue weighted by molar-refractivity contribution is 6.01. The van der Waals surface area contributed by atoms with Gasteiger partial charge in [-0.3, -0.25) is 4.79 Å². The van der Waals surface area contributed by atoms with Crippen molar-refractivity contribution in [2.75, 3.05) is 40.6 Å². The molecule has 2 aromatic carbocycles. The first-order valence-electron chi connectivity index (χ1n) is 9.84. The molecule has 0 bridgehead atoms. The van der Waals surface area contributed by atoms with E-state index in [0.717, 1.165) is 0 Å². The van der Waals surface area contributed by atoms with Crippen LogP contribution in [0.5, 0.6) is 23.0 Å². The van der Waals surface area contributed by atoms with E-state index in [4.69, 9.17) is 28.4 Å². The minimum absolute atomic E-state index is 0.0911. The zero-order valence-electron chi connectivity index (χ0n) is 17.2. The summed E-state index contributed by atoms with van der Waals surface area (Å²) in [5.41, 5.74) is 0.679. The van der Waals surface area contributed by atoms with Crippen molar-refractivity contribution in [3.05, 3.63) is 52.4 Å². The van der Waals surface area contributed by atoms with Gasteiger partial charge in [0, 0.05) is 5.56 Å². The third kappa shape index (κ3) is 5.12. The van der Waals surface area contributed by atoms with Gasteiger partial charge in [-0.1, -0.05) is 11.2 Å². The van der Waals surface area contributed by atoms with Gasteiger partial charge in [0.2, 0.25) is 0 Å². The van der Waals surface area contributed by atoms with E-state index in [2.05, 4.69) is 5.18 Å². The molecule has 4 rings (SSSR count). The van der Waals surface area contributed by atoms with Crippen molar-refractivity contribution < 1.29 is 33.2 Å². The third-order valence-corrected chi connectivity index (χ3v) is 4.96. The van der Waals surface area contributed by atoms with Gasteiger partial charge >= 0.3 is 0 Å². The Kier molecular flexibility index (Phi) is 6.34. The monoisotopic (exact) mass is 429 g/mol. The predicted molar refractivity (Wildman–Crippen MR) is 109 cm³/mol. The van der Waals surface area contributed by atoms with Crippen LogP contribution in [0.15, 0.2) is 41.6 Å². The second-order valence-electron chi connectivity index (χ2n) is 7.18. The summed E-state index contributed by atoms with van der Waals surface area (Å²) in [6, 6.07) is 8.36. The SMILES string of the molecule is COc1cc(C(=O)C(N=O)c2ccc(OCC3CO3)c(OC)c2)ccc1OCC1CO1. The predicted octanol–water partition coefficient (Wildman–Crippen LogP) is 2.95. The lowest BCUT2D eigenvalue weighted by Gasteiger charge is -2.15. The van der Waals surface area contributed by atoms with Crippen LogP contribution in [0.1, 0.15) is 22.0 Å². The van der Waals surface area contributed by atoms with Crippen LogP contribution in [-0.2, 0) is 9.47 Å². The maximum absolute atomic E-state index is 13.0. The van der Waals surface area contributed by atoms with Crippen LogP contribution < -0.4 is 18.9 Å². The number of hydrogen-bond donors (Lipinski definition) is 0. The van der Waals surface area contributed by atoms with Gasteiger partial charge in [0.15, 0.2) is 34.8 Å². The second kappa shape index (κ2) is 9.32. The molecule has 2 aliphatic rings. The lowest BCUT2D eigenvalue weighted by Crippen LogP contribution is -2.12. The Hall–Kier alpha value is -3.17. The largest absolute Gasteiger partial charge is 0.493 e. The Morgan fingerprint density at radius 1 is 0.935 bits per heavy atom. The molecule has 9 heteroatoms. The van der Waals surface area contributed by atoms with Gasteiger partial charge in [-0.25, -0.2) is 0 Å². The highest BCUT2D eigenvalue weighted by Crippen LogP contribution is 2.35. The van der Waals surface area contributed by atoms with E-state index >= 15 is 0 Å². The molecule has 3 atom stereocenters. The van der Waals surface area contributed by atoms with Crippen molar-refractivity contribution in [3.63, 3.8) is 0 Å². The first kappa shape index (κ1) is 21.1. The van der Waals surface area contributed by atoms with Crippen LogP contribution in [0, 0.1) is 4.91 Å². The van der Waals surface area contributed by atoms with E-state index in [1.54, 1.807) is 30.3 Å². The molecule has 164 valence electrons. The average molecular weight is 429 g/mol. The molecule has 2 saturated heterocycles. The number of ketones is 1. The molecule has 0 radical (unpaired) electrons. The smallest absolute Gasteiger partial charge is 0.195 e. The highest BCUT2D eigenvalue weighted by atomic mass is 16.6. The van der Waals surface area contributed by atoms with Gasteiger partial charge in [0.1, 0.15) is 25.4 Å². The molecule has 9 nitrogen and oxygen atoms in total. The minimum Gasteiger partial charge on any atom is -0.493 e. The molecular weight excluding hydrogens is 406 g/mol. The molecular formula is C22H23NO8. The van der Waals surface area contributed by atoms with Gasteiger partial charge in [-0.05, 0) is 35.9 Å². The molecule has 0 spiro atoms. The van der Waals surface area contributed by atoms with E-state index in [-0.39, 0.29) is 17.8 Å². The summed E-state index contributed by atoms with van der Waals surface area (Å²) in [4.78, 5) is 24.6. The number of carbonyl (C=O) groups excluding carboxylic acids is 1. The maximum Gasteiger partial charge on any atom is 0.195 e. The lowest BCUT2D eigenvalue weighted by atomic mass is 9.97. The third-order valence-electron chi connectivity index (χ3n) is 4.96. The fraction of sp³-hybridized carbons (Fsp3) is 0.409. The number of carbonyl (C=O) groups is 1. The number of Topliss-reactive ketones (excluding diaryl/α,β-unsaturated/α-hetero) is 1.